The van der Waals surface area contributed by atoms with E-state index in [-0.39, 0.29) is 11.7 Å². The average Bonchev–Trinajstić information content (AvgIpc) is 3.29. The van der Waals surface area contributed by atoms with Gasteiger partial charge in [0.25, 0.3) is 5.56 Å². The lowest BCUT2D eigenvalue weighted by atomic mass is 10.1. The van der Waals surface area contributed by atoms with Crippen molar-refractivity contribution >= 4 is 28.4 Å². The summed E-state index contributed by atoms with van der Waals surface area (Å²) in [6.07, 6.45) is 3.44. The Morgan fingerprint density at radius 3 is 2.92 bits per heavy atom. The van der Waals surface area contributed by atoms with E-state index in [0.29, 0.717) is 23.6 Å². The highest BCUT2D eigenvalue weighted by atomic mass is 32.2. The molecular formula is C19H24N4O2S. The molecule has 26 heavy (non-hydrogen) atoms. The summed E-state index contributed by atoms with van der Waals surface area (Å²) in [4.78, 5) is 13.0. The van der Waals surface area contributed by atoms with Gasteiger partial charge in [-0.3, -0.25) is 13.8 Å². The maximum Gasteiger partial charge on any atom is 0.262 e. The van der Waals surface area contributed by atoms with Crippen LogP contribution in [0.1, 0.15) is 33.1 Å². The van der Waals surface area contributed by atoms with E-state index in [0.717, 1.165) is 42.3 Å². The second kappa shape index (κ2) is 7.40. The van der Waals surface area contributed by atoms with Crippen LogP contribution in [0.4, 0.5) is 0 Å². The summed E-state index contributed by atoms with van der Waals surface area (Å²) in [7, 11) is 0. The quantitative estimate of drug-likeness (QED) is 0.621. The zero-order chi connectivity index (χ0) is 18.1. The maximum atomic E-state index is 13.0. The predicted molar refractivity (Wildman–Crippen MR) is 104 cm³/mol. The van der Waals surface area contributed by atoms with Gasteiger partial charge in [-0.1, -0.05) is 37.7 Å². The SMILES string of the molecule is CC(C)CCn1c(=O)c2ccccc2n2c(SCC3CCCO3)nnc12. The van der Waals surface area contributed by atoms with Crippen LogP contribution in [0.25, 0.3) is 16.7 Å². The molecule has 6 nitrogen and oxygen atoms in total. The summed E-state index contributed by atoms with van der Waals surface area (Å²) in [5, 5.41) is 10.3. The highest BCUT2D eigenvalue weighted by Gasteiger charge is 2.20. The molecule has 0 amide bonds. The third-order valence-corrected chi connectivity index (χ3v) is 5.89. The predicted octanol–water partition coefficient (Wildman–Crippen LogP) is 3.36. The Labute approximate surface area is 156 Å². The first kappa shape index (κ1) is 17.5. The molecule has 2 aromatic heterocycles. The monoisotopic (exact) mass is 372 g/mol. The largest absolute Gasteiger partial charge is 0.377 e. The van der Waals surface area contributed by atoms with Crippen LogP contribution in [0.15, 0.2) is 34.2 Å². The van der Waals surface area contributed by atoms with Crippen LogP contribution in [-0.2, 0) is 11.3 Å². The first-order valence-electron chi connectivity index (χ1n) is 9.26. The first-order valence-corrected chi connectivity index (χ1v) is 10.2. The summed E-state index contributed by atoms with van der Waals surface area (Å²) in [5.74, 6) is 2.01. The smallest absolute Gasteiger partial charge is 0.262 e. The van der Waals surface area contributed by atoms with E-state index in [2.05, 4.69) is 24.0 Å². The number of nitrogens with zero attached hydrogens (tertiary/aromatic N) is 4. The number of aryl methyl sites for hydroxylation is 1. The molecule has 0 bridgehead atoms. The zero-order valence-corrected chi connectivity index (χ0v) is 16.0. The van der Waals surface area contributed by atoms with Crippen molar-refractivity contribution in [3.63, 3.8) is 0 Å². The fourth-order valence-corrected chi connectivity index (χ4v) is 4.36. The van der Waals surface area contributed by atoms with E-state index in [1.54, 1.807) is 16.3 Å². The number of hydrogen-bond acceptors (Lipinski definition) is 5. The molecule has 1 aliphatic rings. The van der Waals surface area contributed by atoms with E-state index >= 15 is 0 Å². The number of aromatic nitrogens is 4. The molecule has 138 valence electrons. The molecule has 0 N–H and O–H groups in total. The second-order valence-electron chi connectivity index (χ2n) is 7.22. The molecule has 1 aromatic carbocycles. The molecular weight excluding hydrogens is 348 g/mol. The van der Waals surface area contributed by atoms with Gasteiger partial charge in [0.05, 0.1) is 17.0 Å². The van der Waals surface area contributed by atoms with Gasteiger partial charge in [0, 0.05) is 18.9 Å². The summed E-state index contributed by atoms with van der Waals surface area (Å²) < 4.78 is 9.52. The summed E-state index contributed by atoms with van der Waals surface area (Å²) in [6, 6.07) is 7.72. The molecule has 0 spiro atoms. The van der Waals surface area contributed by atoms with Crippen molar-refractivity contribution in [2.24, 2.45) is 5.92 Å². The van der Waals surface area contributed by atoms with E-state index in [9.17, 15) is 4.79 Å². The van der Waals surface area contributed by atoms with E-state index in [4.69, 9.17) is 4.74 Å². The van der Waals surface area contributed by atoms with Crippen molar-refractivity contribution < 1.29 is 4.74 Å². The van der Waals surface area contributed by atoms with Gasteiger partial charge in [0.2, 0.25) is 5.78 Å². The van der Waals surface area contributed by atoms with Gasteiger partial charge in [-0.15, -0.1) is 10.2 Å². The Hall–Kier alpha value is -1.86. The van der Waals surface area contributed by atoms with Gasteiger partial charge in [0.15, 0.2) is 5.16 Å². The third-order valence-electron chi connectivity index (χ3n) is 4.83. The van der Waals surface area contributed by atoms with Gasteiger partial charge in [-0.05, 0) is 37.3 Å². The number of benzene rings is 1. The molecule has 0 radical (unpaired) electrons. The molecule has 0 aliphatic carbocycles. The van der Waals surface area contributed by atoms with Crippen molar-refractivity contribution in [2.45, 2.75) is 50.9 Å². The van der Waals surface area contributed by atoms with Crippen LogP contribution in [-0.4, -0.2) is 37.6 Å². The van der Waals surface area contributed by atoms with Crippen molar-refractivity contribution in [1.29, 1.82) is 0 Å². The number of hydrogen-bond donors (Lipinski definition) is 0. The molecule has 3 aromatic rings. The lowest BCUT2D eigenvalue weighted by molar-refractivity contribution is 0.129. The summed E-state index contributed by atoms with van der Waals surface area (Å²) in [5.41, 5.74) is 0.880. The molecule has 3 heterocycles. The van der Waals surface area contributed by atoms with E-state index in [1.165, 1.54) is 0 Å². The minimum absolute atomic E-state index is 0.0110. The Balaban J connectivity index is 1.80. The van der Waals surface area contributed by atoms with E-state index < -0.39 is 0 Å². The third kappa shape index (κ3) is 3.25. The number of ether oxygens (including phenoxy) is 1. The molecule has 1 fully saturated rings. The van der Waals surface area contributed by atoms with Crippen LogP contribution in [0.5, 0.6) is 0 Å². The number of para-hydroxylation sites is 1. The Morgan fingerprint density at radius 2 is 2.15 bits per heavy atom. The van der Waals surface area contributed by atoms with Crippen LogP contribution in [0.3, 0.4) is 0 Å². The number of thioether (sulfide) groups is 1. The Bertz CT molecular complexity index is 973. The summed E-state index contributed by atoms with van der Waals surface area (Å²) >= 11 is 1.66. The topological polar surface area (TPSA) is 61.4 Å². The van der Waals surface area contributed by atoms with E-state index in [1.807, 2.05) is 28.7 Å². The van der Waals surface area contributed by atoms with Crippen molar-refractivity contribution in [3.8, 4) is 0 Å². The highest BCUT2D eigenvalue weighted by Crippen LogP contribution is 2.25. The average molecular weight is 372 g/mol. The van der Waals surface area contributed by atoms with Gasteiger partial charge >= 0.3 is 0 Å². The first-order chi connectivity index (χ1) is 12.6. The Kier molecular flexibility index (Phi) is 5.00. The van der Waals surface area contributed by atoms with Gasteiger partial charge in [-0.25, -0.2) is 0 Å². The molecule has 0 saturated carbocycles. The fourth-order valence-electron chi connectivity index (χ4n) is 3.36. The fraction of sp³-hybridized carbons (Fsp3) is 0.526. The number of rotatable bonds is 6. The number of fused-ring (bicyclic) bond motifs is 3. The van der Waals surface area contributed by atoms with Crippen LogP contribution in [0, 0.1) is 5.92 Å². The summed E-state index contributed by atoms with van der Waals surface area (Å²) in [6.45, 7) is 5.83. The van der Waals surface area contributed by atoms with Crippen LogP contribution in [0.2, 0.25) is 0 Å². The minimum atomic E-state index is 0.0110. The molecule has 1 saturated heterocycles. The van der Waals surface area contributed by atoms with Crippen LogP contribution >= 0.6 is 11.8 Å². The highest BCUT2D eigenvalue weighted by molar-refractivity contribution is 7.99. The molecule has 4 rings (SSSR count). The molecule has 1 atom stereocenters. The normalized spacial score (nSPS) is 17.7. The van der Waals surface area contributed by atoms with Crippen molar-refractivity contribution in [3.05, 3.63) is 34.6 Å². The lowest BCUT2D eigenvalue weighted by Crippen LogP contribution is -2.24. The van der Waals surface area contributed by atoms with Gasteiger partial charge in [-0.2, -0.15) is 0 Å². The van der Waals surface area contributed by atoms with Gasteiger partial charge in [0.1, 0.15) is 0 Å². The van der Waals surface area contributed by atoms with Gasteiger partial charge < -0.3 is 4.74 Å². The second-order valence-corrected chi connectivity index (χ2v) is 8.21. The van der Waals surface area contributed by atoms with Crippen LogP contribution < -0.4 is 5.56 Å². The zero-order valence-electron chi connectivity index (χ0n) is 15.2. The van der Waals surface area contributed by atoms with Crippen molar-refractivity contribution in [2.75, 3.05) is 12.4 Å². The maximum absolute atomic E-state index is 13.0. The Morgan fingerprint density at radius 1 is 1.31 bits per heavy atom. The molecule has 1 unspecified atom stereocenters. The molecule has 7 heteroatoms. The molecule has 1 aliphatic heterocycles. The lowest BCUT2D eigenvalue weighted by Gasteiger charge is -2.13. The minimum Gasteiger partial charge on any atom is -0.377 e. The standard InChI is InChI=1S/C19H24N4O2S/c1-13(2)9-10-22-17(24)15-7-3-4-8-16(15)23-18(22)20-21-19(23)26-12-14-6-5-11-25-14/h3-4,7-8,13-14H,5-6,9-12H2,1-2H3. The van der Waals surface area contributed by atoms with Crippen molar-refractivity contribution in [1.82, 2.24) is 19.2 Å².